The summed E-state index contributed by atoms with van der Waals surface area (Å²) in [4.78, 5) is 12.7. The minimum atomic E-state index is -0.421. The van der Waals surface area contributed by atoms with E-state index in [9.17, 15) is 4.79 Å². The van der Waals surface area contributed by atoms with Gasteiger partial charge in [-0.2, -0.15) is 7.05 Å². The molecule has 0 radical (unpaired) electrons. The van der Waals surface area contributed by atoms with Crippen molar-refractivity contribution < 1.29 is 14.4 Å². The Balaban J connectivity index is 2.31. The summed E-state index contributed by atoms with van der Waals surface area (Å²) in [5, 5.41) is 2.88. The molecule has 0 aliphatic carbocycles. The molecule has 88 valence electrons. The number of quaternary nitrogens is 1. The quantitative estimate of drug-likeness (QED) is 0.619. The number of hydrogen-bond acceptors (Lipinski definition) is 2. The Labute approximate surface area is 92.0 Å². The van der Waals surface area contributed by atoms with E-state index in [4.69, 9.17) is 4.74 Å². The first-order chi connectivity index (χ1) is 6.87. The van der Waals surface area contributed by atoms with Gasteiger partial charge in [-0.25, -0.2) is 4.79 Å². The first-order valence-corrected chi connectivity index (χ1v) is 5.53. The van der Waals surface area contributed by atoms with Gasteiger partial charge in [-0.05, 0) is 33.6 Å². The van der Waals surface area contributed by atoms with E-state index in [2.05, 4.69) is 12.4 Å². The van der Waals surface area contributed by atoms with Gasteiger partial charge in [-0.1, -0.05) is 0 Å². The van der Waals surface area contributed by atoms with Crippen molar-refractivity contribution in [2.24, 2.45) is 0 Å². The number of alkyl carbamates (subject to hydrolysis) is 1. The van der Waals surface area contributed by atoms with E-state index < -0.39 is 5.60 Å². The molecule has 1 aliphatic rings. The molecular weight excluding hydrogens is 192 g/mol. The smallest absolute Gasteiger partial charge is 0.408 e. The summed E-state index contributed by atoms with van der Waals surface area (Å²) in [5.41, 5.74) is -0.421. The maximum absolute atomic E-state index is 11.5. The van der Waals surface area contributed by atoms with Crippen molar-refractivity contribution in [3.63, 3.8) is 0 Å². The van der Waals surface area contributed by atoms with Crippen molar-refractivity contribution >= 4 is 6.09 Å². The highest BCUT2D eigenvalue weighted by Gasteiger charge is 2.22. The number of amides is 1. The lowest BCUT2D eigenvalue weighted by atomic mass is 10.1. The van der Waals surface area contributed by atoms with Crippen molar-refractivity contribution in [2.45, 2.75) is 45.3 Å². The van der Waals surface area contributed by atoms with Gasteiger partial charge < -0.3 is 15.0 Å². The first-order valence-electron chi connectivity index (χ1n) is 5.53. The molecule has 1 rings (SSSR count). The fraction of sp³-hybridized carbons (Fsp3) is 0.818. The van der Waals surface area contributed by atoms with Gasteiger partial charge in [0.2, 0.25) is 0 Å². The lowest BCUT2D eigenvalue weighted by Crippen LogP contribution is -3.09. The third kappa shape index (κ3) is 5.02. The maximum Gasteiger partial charge on any atom is 0.408 e. The highest BCUT2D eigenvalue weighted by atomic mass is 16.6. The monoisotopic (exact) mass is 214 g/mol. The highest BCUT2D eigenvalue weighted by molar-refractivity contribution is 5.68. The molecule has 1 amide bonds. The Morgan fingerprint density at radius 2 is 2.20 bits per heavy atom. The third-order valence-electron chi connectivity index (χ3n) is 2.34. The summed E-state index contributed by atoms with van der Waals surface area (Å²) in [6.07, 6.45) is 1.82. The van der Waals surface area contributed by atoms with Crippen molar-refractivity contribution in [3.8, 4) is 0 Å². The van der Waals surface area contributed by atoms with Crippen LogP contribution >= 0.6 is 0 Å². The van der Waals surface area contributed by atoms with E-state index in [1.54, 1.807) is 0 Å². The molecule has 0 bridgehead atoms. The lowest BCUT2D eigenvalue weighted by molar-refractivity contribution is -0.860. The zero-order valence-corrected chi connectivity index (χ0v) is 9.93. The Kier molecular flexibility index (Phi) is 3.97. The van der Waals surface area contributed by atoms with E-state index in [0.717, 1.165) is 25.9 Å². The second-order valence-corrected chi connectivity index (χ2v) is 5.19. The maximum atomic E-state index is 11.5. The van der Waals surface area contributed by atoms with E-state index in [1.807, 2.05) is 20.8 Å². The molecule has 1 unspecified atom stereocenters. The number of carbonyl (C=O) groups is 1. The zero-order valence-electron chi connectivity index (χ0n) is 9.93. The number of ether oxygens (including phenoxy) is 1. The van der Waals surface area contributed by atoms with Crippen LogP contribution in [0.3, 0.4) is 0 Å². The molecule has 0 spiro atoms. The Hall–Kier alpha value is -0.770. The largest absolute Gasteiger partial charge is 0.466 e. The fourth-order valence-corrected chi connectivity index (χ4v) is 1.75. The number of likely N-dealkylation sites (tertiary alicyclic amines) is 1. The van der Waals surface area contributed by atoms with Gasteiger partial charge in [-0.15, -0.1) is 0 Å². The van der Waals surface area contributed by atoms with Crippen LogP contribution in [0.15, 0.2) is 0 Å². The minimum Gasteiger partial charge on any atom is -0.466 e. The Morgan fingerprint density at radius 1 is 1.53 bits per heavy atom. The van der Waals surface area contributed by atoms with Crippen LogP contribution in [0.2, 0.25) is 0 Å². The van der Waals surface area contributed by atoms with Gasteiger partial charge in [0.1, 0.15) is 5.60 Å². The molecular formula is C11H22N2O2. The average molecular weight is 214 g/mol. The van der Waals surface area contributed by atoms with Gasteiger partial charge >= 0.3 is 6.09 Å². The minimum absolute atomic E-state index is 0.209. The highest BCUT2D eigenvalue weighted by Crippen LogP contribution is 2.07. The van der Waals surface area contributed by atoms with Crippen molar-refractivity contribution in [1.82, 2.24) is 5.32 Å². The molecule has 0 aromatic carbocycles. The van der Waals surface area contributed by atoms with E-state index in [0.29, 0.717) is 0 Å². The molecule has 1 heterocycles. The molecule has 0 saturated carbocycles. The van der Waals surface area contributed by atoms with Crippen LogP contribution in [0.4, 0.5) is 4.79 Å². The van der Waals surface area contributed by atoms with Crippen molar-refractivity contribution in [2.75, 3.05) is 13.1 Å². The van der Waals surface area contributed by atoms with Gasteiger partial charge in [0.15, 0.2) is 0 Å². The number of rotatable bonds is 1. The predicted molar refractivity (Wildman–Crippen MR) is 58.4 cm³/mol. The lowest BCUT2D eigenvalue weighted by Gasteiger charge is -2.32. The van der Waals surface area contributed by atoms with Crippen LogP contribution in [-0.4, -0.2) is 30.8 Å². The van der Waals surface area contributed by atoms with E-state index in [1.165, 1.54) is 4.90 Å². The number of hydrogen-bond donors (Lipinski definition) is 2. The molecule has 1 aliphatic heterocycles. The molecule has 4 nitrogen and oxygen atoms in total. The standard InChI is InChI=1S/C11H22N2O2/c1-11(2,3)15-10(14)12-9-6-5-7-13(4)8-9/h9,13H,4-8H2,1-3H3,(H,12,14)/t9-/m1/s1. The topological polar surface area (TPSA) is 42.8 Å². The Morgan fingerprint density at radius 3 is 2.73 bits per heavy atom. The molecule has 1 fully saturated rings. The van der Waals surface area contributed by atoms with Crippen LogP contribution in [0.5, 0.6) is 0 Å². The normalized spacial score (nSPS) is 27.2. The van der Waals surface area contributed by atoms with Gasteiger partial charge in [0.25, 0.3) is 0 Å². The van der Waals surface area contributed by atoms with E-state index in [-0.39, 0.29) is 12.1 Å². The summed E-state index contributed by atoms with van der Waals surface area (Å²) in [5.74, 6) is 0. The van der Waals surface area contributed by atoms with Gasteiger partial charge in [0.05, 0.1) is 19.1 Å². The van der Waals surface area contributed by atoms with Crippen LogP contribution in [0, 0.1) is 7.05 Å². The third-order valence-corrected chi connectivity index (χ3v) is 2.34. The summed E-state index contributed by atoms with van der Waals surface area (Å²) in [6.45, 7) is 7.58. The number of nitrogens with one attached hydrogen (secondary N) is 2. The molecule has 0 aromatic heterocycles. The second-order valence-electron chi connectivity index (χ2n) is 5.19. The van der Waals surface area contributed by atoms with Crippen molar-refractivity contribution in [1.29, 1.82) is 0 Å². The van der Waals surface area contributed by atoms with E-state index >= 15 is 0 Å². The average Bonchev–Trinajstić information content (AvgIpc) is 1.99. The predicted octanol–water partition coefficient (Wildman–Crippen LogP) is 0.350. The molecule has 0 aromatic rings. The number of piperidine rings is 1. The fourth-order valence-electron chi connectivity index (χ4n) is 1.75. The van der Waals surface area contributed by atoms with Crippen LogP contribution in [0.1, 0.15) is 33.6 Å². The Bertz CT molecular complexity index is 223. The summed E-state index contributed by atoms with van der Waals surface area (Å²) >= 11 is 0. The van der Waals surface area contributed by atoms with Gasteiger partial charge in [-0.3, -0.25) is 0 Å². The summed E-state index contributed by atoms with van der Waals surface area (Å²) < 4.78 is 5.20. The SMILES string of the molecule is [CH2-][NH+]1CCC[C@@H](NC(=O)OC(C)(C)C)C1. The molecule has 2 N–H and O–H groups in total. The summed E-state index contributed by atoms with van der Waals surface area (Å²) in [7, 11) is 3.95. The molecule has 15 heavy (non-hydrogen) atoms. The molecule has 4 heteroatoms. The van der Waals surface area contributed by atoms with Crippen LogP contribution in [0.25, 0.3) is 0 Å². The van der Waals surface area contributed by atoms with Crippen molar-refractivity contribution in [3.05, 3.63) is 7.05 Å². The number of carbonyl (C=O) groups excluding carboxylic acids is 1. The van der Waals surface area contributed by atoms with Crippen LogP contribution < -0.4 is 10.2 Å². The van der Waals surface area contributed by atoms with Gasteiger partial charge in [0, 0.05) is 0 Å². The first kappa shape index (κ1) is 12.3. The zero-order chi connectivity index (χ0) is 11.5. The molecule has 2 atom stereocenters. The molecule has 1 saturated heterocycles. The second kappa shape index (κ2) is 4.84. The summed E-state index contributed by atoms with van der Waals surface area (Å²) in [6, 6.07) is 0.209. The van der Waals surface area contributed by atoms with Crippen LogP contribution in [-0.2, 0) is 4.74 Å².